The lowest BCUT2D eigenvalue weighted by Crippen LogP contribution is -2.31. The first kappa shape index (κ1) is 25.3. The number of benzene rings is 3. The number of Topliss-reactive ketones (excluding diaryl/α,β-unsaturated/α-hetero) is 1. The molecule has 1 unspecified atom stereocenters. The average molecular weight is 509 g/mol. The highest BCUT2D eigenvalue weighted by Gasteiger charge is 2.45. The third kappa shape index (κ3) is 4.82. The number of rotatable bonds is 8. The zero-order valence-corrected chi connectivity index (χ0v) is 21.9. The number of ketones is 1. The summed E-state index contributed by atoms with van der Waals surface area (Å²) in [5.74, 6) is -0.308. The number of aliphatic hydroxyl groups excluding tert-OH is 1. The molecule has 3 aromatic carbocycles. The molecule has 5 rings (SSSR count). The summed E-state index contributed by atoms with van der Waals surface area (Å²) in [6.45, 7) is 4.68. The Kier molecular flexibility index (Phi) is 7.05. The molecule has 6 heteroatoms. The fourth-order valence-electron chi connectivity index (χ4n) is 5.25. The van der Waals surface area contributed by atoms with Gasteiger partial charge < -0.3 is 19.7 Å². The quantitative estimate of drug-likeness (QED) is 0.173. The summed E-state index contributed by atoms with van der Waals surface area (Å²) in [4.78, 5) is 31.6. The molecule has 1 aromatic heterocycles. The number of carbonyl (C=O) groups is 2. The molecule has 1 saturated heterocycles. The molecule has 4 aromatic rings. The maximum atomic E-state index is 13.4. The summed E-state index contributed by atoms with van der Waals surface area (Å²) in [6.07, 6.45) is 3.46. The number of nitrogens with zero attached hydrogens (tertiary/aromatic N) is 1. The second-order valence-electron chi connectivity index (χ2n) is 10.2. The van der Waals surface area contributed by atoms with Gasteiger partial charge in [-0.15, -0.1) is 0 Å². The molecule has 2 heterocycles. The van der Waals surface area contributed by atoms with Crippen LogP contribution in [0.2, 0.25) is 0 Å². The first-order valence-electron chi connectivity index (χ1n) is 12.9. The summed E-state index contributed by atoms with van der Waals surface area (Å²) >= 11 is 0. The van der Waals surface area contributed by atoms with Gasteiger partial charge in [0.15, 0.2) is 0 Å². The SMILES string of the molecule is COc1ccc(/C(O)=C2\C(=O)C(=O)N(CCc3c[nH]c4ccccc34)C2c2ccc(CC(C)C)cc2)cc1. The molecule has 0 saturated carbocycles. The normalized spacial score (nSPS) is 17.1. The second kappa shape index (κ2) is 10.6. The number of aliphatic hydroxyl groups is 1. The lowest BCUT2D eigenvalue weighted by atomic mass is 9.93. The zero-order valence-electron chi connectivity index (χ0n) is 21.9. The van der Waals surface area contributed by atoms with Crippen LogP contribution in [-0.2, 0) is 22.4 Å². The van der Waals surface area contributed by atoms with E-state index in [1.807, 2.05) is 54.7 Å². The Morgan fingerprint density at radius 2 is 1.71 bits per heavy atom. The number of hydrogen-bond acceptors (Lipinski definition) is 4. The summed E-state index contributed by atoms with van der Waals surface area (Å²) in [6, 6.07) is 22.2. The minimum absolute atomic E-state index is 0.107. The van der Waals surface area contributed by atoms with E-state index in [-0.39, 0.29) is 11.3 Å². The molecule has 1 aliphatic rings. The van der Waals surface area contributed by atoms with Crippen LogP contribution in [0.4, 0.5) is 0 Å². The number of aromatic nitrogens is 1. The van der Waals surface area contributed by atoms with Crippen LogP contribution in [0.15, 0.2) is 84.6 Å². The van der Waals surface area contributed by atoms with Gasteiger partial charge in [0, 0.05) is 29.2 Å². The van der Waals surface area contributed by atoms with Crippen LogP contribution >= 0.6 is 0 Å². The van der Waals surface area contributed by atoms with E-state index in [1.165, 1.54) is 5.56 Å². The minimum atomic E-state index is -0.685. The van der Waals surface area contributed by atoms with Crippen LogP contribution < -0.4 is 4.74 Å². The molecule has 1 fully saturated rings. The number of ether oxygens (including phenoxy) is 1. The van der Waals surface area contributed by atoms with Crippen molar-refractivity contribution >= 4 is 28.4 Å². The lowest BCUT2D eigenvalue weighted by Gasteiger charge is -2.25. The number of carbonyl (C=O) groups excluding carboxylic acids is 2. The molecule has 2 N–H and O–H groups in total. The smallest absolute Gasteiger partial charge is 0.295 e. The highest BCUT2D eigenvalue weighted by molar-refractivity contribution is 6.46. The van der Waals surface area contributed by atoms with Gasteiger partial charge >= 0.3 is 0 Å². The summed E-state index contributed by atoms with van der Waals surface area (Å²) in [5.41, 5.74) is 4.66. The van der Waals surface area contributed by atoms with Crippen LogP contribution in [0.1, 0.15) is 42.1 Å². The maximum absolute atomic E-state index is 13.4. The van der Waals surface area contributed by atoms with Gasteiger partial charge in [0.25, 0.3) is 11.7 Å². The third-order valence-corrected chi connectivity index (χ3v) is 7.14. The fraction of sp³-hybridized carbons (Fsp3) is 0.250. The Balaban J connectivity index is 1.54. The number of aromatic amines is 1. The number of para-hydroxylation sites is 1. The van der Waals surface area contributed by atoms with Gasteiger partial charge in [-0.25, -0.2) is 0 Å². The van der Waals surface area contributed by atoms with Gasteiger partial charge in [-0.05, 0) is 65.8 Å². The van der Waals surface area contributed by atoms with E-state index in [4.69, 9.17) is 4.74 Å². The van der Waals surface area contributed by atoms with Crippen molar-refractivity contribution in [3.63, 3.8) is 0 Å². The van der Waals surface area contributed by atoms with Crippen molar-refractivity contribution in [2.45, 2.75) is 32.7 Å². The molecular formula is C32H32N2O4. The molecule has 194 valence electrons. The monoisotopic (exact) mass is 508 g/mol. The molecule has 1 atom stereocenters. The third-order valence-electron chi connectivity index (χ3n) is 7.14. The first-order chi connectivity index (χ1) is 18.4. The standard InChI is InChI=1S/C32H32N2O4/c1-20(2)18-21-8-10-22(11-9-21)29-28(30(35)23-12-14-25(38-3)15-13-23)31(36)32(37)34(29)17-16-24-19-33-27-7-5-4-6-26(24)27/h4-15,19-20,29,33,35H,16-18H2,1-3H3/b30-28+. The molecule has 1 aliphatic heterocycles. The summed E-state index contributed by atoms with van der Waals surface area (Å²) in [5, 5.41) is 12.4. The number of methoxy groups -OCH3 is 1. The number of fused-ring (bicyclic) bond motifs is 1. The number of amides is 1. The van der Waals surface area contributed by atoms with Gasteiger partial charge in [0.1, 0.15) is 11.5 Å². The number of hydrogen-bond donors (Lipinski definition) is 2. The molecule has 38 heavy (non-hydrogen) atoms. The second-order valence-corrected chi connectivity index (χ2v) is 10.2. The Labute approximate surface area is 222 Å². The minimum Gasteiger partial charge on any atom is -0.507 e. The van der Waals surface area contributed by atoms with Crippen molar-refractivity contribution in [1.82, 2.24) is 9.88 Å². The van der Waals surface area contributed by atoms with Crippen molar-refractivity contribution in [2.24, 2.45) is 5.92 Å². The largest absolute Gasteiger partial charge is 0.507 e. The van der Waals surface area contributed by atoms with E-state index in [0.717, 1.165) is 28.5 Å². The highest BCUT2D eigenvalue weighted by Crippen LogP contribution is 2.40. The molecule has 0 spiro atoms. The van der Waals surface area contributed by atoms with Crippen LogP contribution in [0.3, 0.4) is 0 Å². The van der Waals surface area contributed by atoms with E-state index < -0.39 is 17.7 Å². The van der Waals surface area contributed by atoms with Crippen LogP contribution in [0, 0.1) is 5.92 Å². The summed E-state index contributed by atoms with van der Waals surface area (Å²) < 4.78 is 5.23. The van der Waals surface area contributed by atoms with E-state index in [9.17, 15) is 14.7 Å². The molecule has 0 bridgehead atoms. The van der Waals surface area contributed by atoms with Crippen molar-refractivity contribution in [3.05, 3.63) is 107 Å². The van der Waals surface area contributed by atoms with Crippen molar-refractivity contribution in [3.8, 4) is 5.75 Å². The zero-order chi connectivity index (χ0) is 26.8. The van der Waals surface area contributed by atoms with Crippen LogP contribution in [0.5, 0.6) is 5.75 Å². The lowest BCUT2D eigenvalue weighted by molar-refractivity contribution is -0.139. The average Bonchev–Trinajstić information content (AvgIpc) is 3.45. The number of likely N-dealkylation sites (tertiary alicyclic amines) is 1. The number of nitrogens with one attached hydrogen (secondary N) is 1. The van der Waals surface area contributed by atoms with Gasteiger partial charge in [-0.1, -0.05) is 56.3 Å². The molecule has 6 nitrogen and oxygen atoms in total. The molecule has 0 aliphatic carbocycles. The highest BCUT2D eigenvalue weighted by atomic mass is 16.5. The Morgan fingerprint density at radius 1 is 1.00 bits per heavy atom. The molecular weight excluding hydrogens is 476 g/mol. The number of H-pyrrole nitrogens is 1. The van der Waals surface area contributed by atoms with Crippen LogP contribution in [0.25, 0.3) is 16.7 Å². The summed E-state index contributed by atoms with van der Waals surface area (Å²) in [7, 11) is 1.57. The van der Waals surface area contributed by atoms with E-state index in [0.29, 0.717) is 30.2 Å². The van der Waals surface area contributed by atoms with E-state index in [1.54, 1.807) is 36.3 Å². The first-order valence-corrected chi connectivity index (χ1v) is 12.9. The van der Waals surface area contributed by atoms with E-state index in [2.05, 4.69) is 18.8 Å². The van der Waals surface area contributed by atoms with Crippen molar-refractivity contribution < 1.29 is 19.4 Å². The van der Waals surface area contributed by atoms with Crippen LogP contribution in [-0.4, -0.2) is 40.3 Å². The van der Waals surface area contributed by atoms with Crippen molar-refractivity contribution in [2.75, 3.05) is 13.7 Å². The van der Waals surface area contributed by atoms with E-state index >= 15 is 0 Å². The predicted octanol–water partition coefficient (Wildman–Crippen LogP) is 6.04. The fourth-order valence-corrected chi connectivity index (χ4v) is 5.25. The Bertz CT molecular complexity index is 1500. The maximum Gasteiger partial charge on any atom is 0.295 e. The van der Waals surface area contributed by atoms with Gasteiger partial charge in [0.2, 0.25) is 0 Å². The molecule has 1 amide bonds. The predicted molar refractivity (Wildman–Crippen MR) is 149 cm³/mol. The van der Waals surface area contributed by atoms with Gasteiger partial charge in [0.05, 0.1) is 18.7 Å². The molecule has 0 radical (unpaired) electrons. The van der Waals surface area contributed by atoms with Crippen molar-refractivity contribution in [1.29, 1.82) is 0 Å². The van der Waals surface area contributed by atoms with Gasteiger partial charge in [-0.3, -0.25) is 9.59 Å². The van der Waals surface area contributed by atoms with Gasteiger partial charge in [-0.2, -0.15) is 0 Å². The Morgan fingerprint density at radius 3 is 2.39 bits per heavy atom. The Hall–Kier alpha value is -4.32. The topological polar surface area (TPSA) is 82.6 Å².